The molecule has 2 bridgehead atoms. The lowest BCUT2D eigenvalue weighted by atomic mass is 9.74. The van der Waals surface area contributed by atoms with E-state index in [9.17, 15) is 49.5 Å². The number of fused-ring (bicyclic) bond motifs is 2. The average Bonchev–Trinajstić information content (AvgIpc) is 3.21. The number of carbonyl (C=O) groups excluding carboxylic acids is 2. The molecule has 3 rings (SSSR count). The first kappa shape index (κ1) is 36.1. The zero-order valence-corrected chi connectivity index (χ0v) is 26.0. The van der Waals surface area contributed by atoms with Crippen molar-refractivity contribution in [2.75, 3.05) is 0 Å². The maximum atomic E-state index is 13.0. The highest BCUT2D eigenvalue weighted by Gasteiger charge is 2.85. The Bertz CT molecular complexity index is 1250. The Labute approximate surface area is 261 Å². The van der Waals surface area contributed by atoms with Crippen molar-refractivity contribution in [3.8, 4) is 0 Å². The van der Waals surface area contributed by atoms with Crippen LogP contribution in [0.3, 0.4) is 0 Å². The van der Waals surface area contributed by atoms with E-state index in [1.54, 1.807) is 6.92 Å². The van der Waals surface area contributed by atoms with Crippen LogP contribution in [0.2, 0.25) is 0 Å². The van der Waals surface area contributed by atoms with E-state index in [-0.39, 0.29) is 31.0 Å². The third-order valence-corrected chi connectivity index (χ3v) is 9.18. The molecule has 0 aliphatic carbocycles. The molecule has 2 aliphatic heterocycles. The standard InChI is InChI=1S/C32H44O13/c1-5-18(2)17-19(3)11-14-23(34)43-25-24(35)30(16-15-20(4)22(33)13-12-21-9-7-6-8-10-21)44-26(27(36)37)31(42,28(38)39)32(25,45-30)29(40)41/h6-10,18-20,24-26,35,42H,5,11-17H2,1-4H3,(H,36,37)(H,38,39)(H,40,41)/t18?,19?,20?,24-,25-,26-,30+,31+,32+/m1/s1. The zero-order chi connectivity index (χ0) is 33.7. The van der Waals surface area contributed by atoms with Crippen LogP contribution in [0.4, 0.5) is 0 Å². The minimum atomic E-state index is -3.84. The molecular formula is C32H44O13. The highest BCUT2D eigenvalue weighted by Crippen LogP contribution is 2.55. The molecule has 2 aliphatic rings. The molecule has 9 atom stereocenters. The number of carbonyl (C=O) groups is 5. The Balaban J connectivity index is 1.90. The molecule has 45 heavy (non-hydrogen) atoms. The first-order valence-electron chi connectivity index (χ1n) is 15.3. The number of benzene rings is 1. The molecule has 0 radical (unpaired) electrons. The molecule has 5 N–H and O–H groups in total. The van der Waals surface area contributed by atoms with E-state index >= 15 is 0 Å². The monoisotopic (exact) mass is 636 g/mol. The third kappa shape index (κ3) is 7.06. The van der Waals surface area contributed by atoms with Crippen LogP contribution in [0.15, 0.2) is 30.3 Å². The summed E-state index contributed by atoms with van der Waals surface area (Å²) in [6.45, 7) is 7.59. The van der Waals surface area contributed by atoms with Gasteiger partial charge in [-0.15, -0.1) is 0 Å². The van der Waals surface area contributed by atoms with Crippen molar-refractivity contribution in [1.82, 2.24) is 0 Å². The first-order valence-corrected chi connectivity index (χ1v) is 15.3. The summed E-state index contributed by atoms with van der Waals surface area (Å²) in [6.07, 6.45) is -5.51. The van der Waals surface area contributed by atoms with Crippen molar-refractivity contribution in [2.45, 2.75) is 114 Å². The lowest BCUT2D eigenvalue weighted by Crippen LogP contribution is -2.78. The Morgan fingerprint density at radius 1 is 0.933 bits per heavy atom. The van der Waals surface area contributed by atoms with Crippen molar-refractivity contribution >= 4 is 29.7 Å². The predicted molar refractivity (Wildman–Crippen MR) is 156 cm³/mol. The summed E-state index contributed by atoms with van der Waals surface area (Å²) >= 11 is 0. The fourth-order valence-corrected chi connectivity index (χ4v) is 6.22. The van der Waals surface area contributed by atoms with Crippen LogP contribution in [0, 0.1) is 17.8 Å². The van der Waals surface area contributed by atoms with Crippen LogP contribution in [0.25, 0.3) is 0 Å². The van der Waals surface area contributed by atoms with Gasteiger partial charge in [0, 0.05) is 25.2 Å². The molecule has 13 heteroatoms. The second kappa shape index (κ2) is 14.4. The van der Waals surface area contributed by atoms with Gasteiger partial charge in [0.25, 0.3) is 0 Å². The number of aliphatic carboxylic acids is 3. The number of carboxylic acid groups (broad SMARTS) is 3. The van der Waals surface area contributed by atoms with Crippen LogP contribution in [-0.4, -0.2) is 90.5 Å². The number of aryl methyl sites for hydroxylation is 1. The number of esters is 1. The quantitative estimate of drug-likeness (QED) is 0.156. The third-order valence-electron chi connectivity index (χ3n) is 9.18. The highest BCUT2D eigenvalue weighted by molar-refractivity contribution is 5.98. The molecule has 1 aromatic rings. The fourth-order valence-electron chi connectivity index (χ4n) is 6.22. The maximum Gasteiger partial charge on any atom is 0.344 e. The Kier molecular flexibility index (Phi) is 11.5. The number of aliphatic hydroxyl groups excluding tert-OH is 1. The van der Waals surface area contributed by atoms with E-state index in [4.69, 9.17) is 14.2 Å². The second-order valence-corrected chi connectivity index (χ2v) is 12.5. The van der Waals surface area contributed by atoms with E-state index in [0.717, 1.165) is 18.4 Å². The van der Waals surface area contributed by atoms with Gasteiger partial charge in [-0.05, 0) is 43.1 Å². The first-order chi connectivity index (χ1) is 21.1. The van der Waals surface area contributed by atoms with Crippen LogP contribution in [0.5, 0.6) is 0 Å². The van der Waals surface area contributed by atoms with Gasteiger partial charge < -0.3 is 39.7 Å². The van der Waals surface area contributed by atoms with Gasteiger partial charge in [0.05, 0.1) is 0 Å². The summed E-state index contributed by atoms with van der Waals surface area (Å²) in [7, 11) is 0. The largest absolute Gasteiger partial charge is 0.479 e. The summed E-state index contributed by atoms with van der Waals surface area (Å²) in [6, 6.07) is 9.25. The molecule has 0 spiro atoms. The van der Waals surface area contributed by atoms with Crippen molar-refractivity contribution in [3.63, 3.8) is 0 Å². The van der Waals surface area contributed by atoms with Gasteiger partial charge >= 0.3 is 23.9 Å². The second-order valence-electron chi connectivity index (χ2n) is 12.5. The normalized spacial score (nSPS) is 31.0. The number of hydrogen-bond donors (Lipinski definition) is 5. The van der Waals surface area contributed by atoms with Gasteiger partial charge in [0.2, 0.25) is 23.1 Å². The maximum absolute atomic E-state index is 13.0. The Morgan fingerprint density at radius 3 is 2.13 bits per heavy atom. The molecule has 0 saturated carbocycles. The smallest absolute Gasteiger partial charge is 0.344 e. The number of Topliss-reactive ketones (excluding diaryl/α,β-unsaturated/α-hetero) is 1. The van der Waals surface area contributed by atoms with Gasteiger partial charge in [0.1, 0.15) is 11.9 Å². The van der Waals surface area contributed by atoms with E-state index in [0.29, 0.717) is 18.8 Å². The molecule has 0 aromatic heterocycles. The number of aliphatic hydroxyl groups is 2. The predicted octanol–water partition coefficient (Wildman–Crippen LogP) is 2.58. The van der Waals surface area contributed by atoms with Crippen LogP contribution in [0.1, 0.15) is 78.2 Å². The summed E-state index contributed by atoms with van der Waals surface area (Å²) in [5, 5.41) is 53.0. The Hall–Kier alpha value is -3.39. The van der Waals surface area contributed by atoms with Crippen LogP contribution >= 0.6 is 0 Å². The van der Waals surface area contributed by atoms with Gasteiger partial charge in [0.15, 0.2) is 6.10 Å². The molecule has 0 amide bonds. The number of ether oxygens (including phenoxy) is 3. The number of rotatable bonds is 17. The molecular weight excluding hydrogens is 592 g/mol. The van der Waals surface area contributed by atoms with Gasteiger partial charge in [-0.1, -0.05) is 64.4 Å². The summed E-state index contributed by atoms with van der Waals surface area (Å²) in [5.74, 6) is -10.6. The lowest BCUT2D eigenvalue weighted by Gasteiger charge is -2.48. The minimum absolute atomic E-state index is 0.0767. The van der Waals surface area contributed by atoms with E-state index in [1.165, 1.54) is 0 Å². The molecule has 3 unspecified atom stereocenters. The van der Waals surface area contributed by atoms with E-state index in [2.05, 4.69) is 6.92 Å². The topological polar surface area (TPSA) is 214 Å². The molecule has 2 fully saturated rings. The summed E-state index contributed by atoms with van der Waals surface area (Å²) in [4.78, 5) is 63.4. The van der Waals surface area contributed by atoms with E-state index in [1.807, 2.05) is 44.2 Å². The summed E-state index contributed by atoms with van der Waals surface area (Å²) < 4.78 is 16.4. The number of hydrogen-bond acceptors (Lipinski definition) is 10. The summed E-state index contributed by atoms with van der Waals surface area (Å²) in [5.41, 5.74) is -6.38. The number of carboxylic acids is 3. The molecule has 2 saturated heterocycles. The zero-order valence-electron chi connectivity index (χ0n) is 26.0. The lowest BCUT2D eigenvalue weighted by molar-refractivity contribution is -0.374. The van der Waals surface area contributed by atoms with Crippen molar-refractivity contribution in [1.29, 1.82) is 0 Å². The van der Waals surface area contributed by atoms with Crippen molar-refractivity contribution in [2.24, 2.45) is 17.8 Å². The SMILES string of the molecule is CCC(C)CC(C)CCC(=O)O[C@@H]1[C@@H](O)[C@@]2(CCC(C)C(=O)CCc3ccccc3)O[C@H](C(=O)O)[C@](O)(C(=O)O)[C@]1(C(=O)O)O2. The molecule has 2 heterocycles. The molecule has 1 aromatic carbocycles. The van der Waals surface area contributed by atoms with Crippen molar-refractivity contribution < 1.29 is 63.7 Å². The Morgan fingerprint density at radius 2 is 1.58 bits per heavy atom. The molecule has 13 nitrogen and oxygen atoms in total. The van der Waals surface area contributed by atoms with Gasteiger partial charge in [-0.2, -0.15) is 0 Å². The number of ketones is 1. The van der Waals surface area contributed by atoms with Crippen LogP contribution in [-0.2, 0) is 44.6 Å². The minimum Gasteiger partial charge on any atom is -0.479 e. The van der Waals surface area contributed by atoms with E-state index < -0.39 is 71.5 Å². The highest BCUT2D eigenvalue weighted by atomic mass is 16.8. The van der Waals surface area contributed by atoms with Crippen LogP contribution < -0.4 is 0 Å². The van der Waals surface area contributed by atoms with Gasteiger partial charge in [-0.3, -0.25) is 9.59 Å². The fraction of sp³-hybridized carbons (Fsp3) is 0.656. The van der Waals surface area contributed by atoms with Gasteiger partial charge in [-0.25, -0.2) is 14.4 Å². The molecule has 250 valence electrons. The average molecular weight is 637 g/mol. The van der Waals surface area contributed by atoms with Crippen molar-refractivity contribution in [3.05, 3.63) is 35.9 Å².